The number of aliphatic hydroxyl groups is 1. The maximum absolute atomic E-state index is 13.8. The van der Waals surface area contributed by atoms with E-state index >= 15 is 0 Å². The van der Waals surface area contributed by atoms with Crippen LogP contribution in [0.3, 0.4) is 0 Å². The van der Waals surface area contributed by atoms with E-state index in [0.29, 0.717) is 24.9 Å². The summed E-state index contributed by atoms with van der Waals surface area (Å²) in [5, 5.41) is 17.3. The van der Waals surface area contributed by atoms with Crippen molar-refractivity contribution in [3.63, 3.8) is 0 Å². The topological polar surface area (TPSA) is 98.7 Å². The number of aliphatic hydroxyl groups excluding tert-OH is 1. The highest BCUT2D eigenvalue weighted by atomic mass is 32.2. The van der Waals surface area contributed by atoms with E-state index in [1.54, 1.807) is 0 Å². The Morgan fingerprint density at radius 1 is 1.16 bits per heavy atom. The van der Waals surface area contributed by atoms with Gasteiger partial charge in [0.1, 0.15) is 11.6 Å². The lowest BCUT2D eigenvalue weighted by Crippen LogP contribution is -2.59. The van der Waals surface area contributed by atoms with Crippen molar-refractivity contribution in [1.82, 2.24) is 14.9 Å². The zero-order valence-electron chi connectivity index (χ0n) is 22.7. The lowest BCUT2D eigenvalue weighted by molar-refractivity contribution is -0.120. The lowest BCUT2D eigenvalue weighted by atomic mass is 9.79. The number of carbonyl (C=O) groups is 1. The van der Waals surface area contributed by atoms with Crippen LogP contribution in [0.2, 0.25) is 0 Å². The second kappa shape index (κ2) is 11.8. The number of sulfonamides is 1. The van der Waals surface area contributed by atoms with Gasteiger partial charge in [0.05, 0.1) is 23.9 Å². The van der Waals surface area contributed by atoms with Crippen LogP contribution in [0.1, 0.15) is 57.2 Å². The van der Waals surface area contributed by atoms with E-state index in [1.807, 2.05) is 18.2 Å². The number of hydrogen-bond donors (Lipinski definition) is 3. The predicted octanol–water partition coefficient (Wildman–Crippen LogP) is 3.21. The Morgan fingerprint density at radius 3 is 2.39 bits per heavy atom. The molecule has 210 valence electrons. The normalized spacial score (nSPS) is 20.6. The maximum Gasteiger partial charge on any atom is 0.217 e. The number of amides is 1. The summed E-state index contributed by atoms with van der Waals surface area (Å²) in [6.45, 7) is 8.23. The molecule has 1 saturated heterocycles. The van der Waals surface area contributed by atoms with E-state index in [9.17, 15) is 27.1 Å². The number of nitrogens with zero attached hydrogens (tertiary/aromatic N) is 1. The van der Waals surface area contributed by atoms with Crippen molar-refractivity contribution in [2.75, 3.05) is 25.9 Å². The van der Waals surface area contributed by atoms with Crippen molar-refractivity contribution >= 4 is 15.9 Å². The average Bonchev–Trinajstić information content (AvgIpc) is 2.80. The van der Waals surface area contributed by atoms with Crippen molar-refractivity contribution in [2.24, 2.45) is 0 Å². The summed E-state index contributed by atoms with van der Waals surface area (Å²) in [7, 11) is -3.46. The molecule has 1 amide bonds. The first-order chi connectivity index (χ1) is 17.6. The van der Waals surface area contributed by atoms with E-state index < -0.39 is 39.3 Å². The van der Waals surface area contributed by atoms with Gasteiger partial charge in [-0.25, -0.2) is 17.2 Å². The molecule has 38 heavy (non-hydrogen) atoms. The Bertz CT molecular complexity index is 1230. The van der Waals surface area contributed by atoms with Crippen LogP contribution in [0.25, 0.3) is 0 Å². The first-order valence-corrected chi connectivity index (χ1v) is 14.7. The molecule has 0 aliphatic carbocycles. The molecule has 1 heterocycles. The molecule has 3 rings (SSSR count). The molecule has 7 nitrogen and oxygen atoms in total. The average molecular weight is 552 g/mol. The zero-order valence-corrected chi connectivity index (χ0v) is 23.5. The van der Waals surface area contributed by atoms with Crippen LogP contribution in [0.5, 0.6) is 0 Å². The van der Waals surface area contributed by atoms with E-state index in [2.05, 4.69) is 37.5 Å². The molecular formula is C28H39F2N3O4S. The zero-order chi connectivity index (χ0) is 28.3. The largest absolute Gasteiger partial charge is 0.390 e. The van der Waals surface area contributed by atoms with Crippen LogP contribution < -0.4 is 10.6 Å². The minimum Gasteiger partial charge on any atom is -0.390 e. The van der Waals surface area contributed by atoms with Crippen LogP contribution in [0.4, 0.5) is 8.78 Å². The minimum absolute atomic E-state index is 0.0130. The van der Waals surface area contributed by atoms with Crippen molar-refractivity contribution in [3.05, 3.63) is 70.8 Å². The van der Waals surface area contributed by atoms with Gasteiger partial charge in [0.25, 0.3) is 0 Å². The quantitative estimate of drug-likeness (QED) is 0.445. The molecule has 3 atom stereocenters. The molecule has 2 aromatic rings. The highest BCUT2D eigenvalue weighted by molar-refractivity contribution is 7.88. The molecule has 3 N–H and O–H groups in total. The van der Waals surface area contributed by atoms with Crippen LogP contribution >= 0.6 is 0 Å². The summed E-state index contributed by atoms with van der Waals surface area (Å²) in [6, 6.07) is 10.3. The Labute approximate surface area is 224 Å². The lowest BCUT2D eigenvalue weighted by Gasteiger charge is -2.44. The fourth-order valence-electron chi connectivity index (χ4n) is 5.03. The predicted molar refractivity (Wildman–Crippen MR) is 144 cm³/mol. The number of nitrogens with one attached hydrogen (secondary N) is 2. The molecule has 0 radical (unpaired) electrons. The van der Waals surface area contributed by atoms with Gasteiger partial charge in [-0.1, -0.05) is 45.0 Å². The standard InChI is InChI=1S/C28H39F2N3O4S/c1-19(34)32-25(14-20-12-23(29)16-24(30)13-20)26(35)17-31-28(10-7-11-33(18-28)38(5,36)37)22-9-6-8-21(15-22)27(2,3)4/h6,8-9,12-13,15-16,25-26,31,35H,7,10-11,14,17-18H2,1-5H3,(H,32,34). The van der Waals surface area contributed by atoms with Gasteiger partial charge in [-0.05, 0) is 53.5 Å². The fourth-order valence-corrected chi connectivity index (χ4v) is 5.95. The number of benzene rings is 2. The van der Waals surface area contributed by atoms with E-state index in [-0.39, 0.29) is 30.8 Å². The fraction of sp³-hybridized carbons (Fsp3) is 0.536. The Kier molecular flexibility index (Phi) is 9.34. The van der Waals surface area contributed by atoms with Gasteiger partial charge >= 0.3 is 0 Å². The molecule has 2 aromatic carbocycles. The molecule has 1 aliphatic heterocycles. The molecule has 0 saturated carbocycles. The number of hydrogen-bond acceptors (Lipinski definition) is 5. The molecule has 1 aliphatic rings. The van der Waals surface area contributed by atoms with E-state index in [4.69, 9.17) is 0 Å². The highest BCUT2D eigenvalue weighted by Gasteiger charge is 2.40. The molecule has 3 unspecified atom stereocenters. The van der Waals surface area contributed by atoms with E-state index in [0.717, 1.165) is 17.2 Å². The second-order valence-electron chi connectivity index (χ2n) is 11.4. The Morgan fingerprint density at radius 2 is 1.82 bits per heavy atom. The number of halogens is 2. The van der Waals surface area contributed by atoms with Gasteiger partial charge in [-0.2, -0.15) is 4.31 Å². The third-order valence-corrected chi connectivity index (χ3v) is 8.34. The highest BCUT2D eigenvalue weighted by Crippen LogP contribution is 2.35. The van der Waals surface area contributed by atoms with Crippen molar-refractivity contribution in [2.45, 2.75) is 70.1 Å². The summed E-state index contributed by atoms with van der Waals surface area (Å²) in [5.74, 6) is -1.87. The smallest absolute Gasteiger partial charge is 0.217 e. The van der Waals surface area contributed by atoms with E-state index in [1.165, 1.54) is 29.6 Å². The number of piperidine rings is 1. The van der Waals surface area contributed by atoms with Gasteiger partial charge in [0.15, 0.2) is 0 Å². The molecule has 0 bridgehead atoms. The number of rotatable bonds is 9. The van der Waals surface area contributed by atoms with Gasteiger partial charge in [-0.15, -0.1) is 0 Å². The van der Waals surface area contributed by atoms with Crippen LogP contribution in [-0.2, 0) is 32.2 Å². The Balaban J connectivity index is 1.92. The van der Waals surface area contributed by atoms with Crippen LogP contribution in [0, 0.1) is 11.6 Å². The maximum atomic E-state index is 13.8. The minimum atomic E-state index is -3.46. The summed E-state index contributed by atoms with van der Waals surface area (Å²) < 4.78 is 54.0. The second-order valence-corrected chi connectivity index (χ2v) is 13.3. The monoisotopic (exact) mass is 551 g/mol. The van der Waals surface area contributed by atoms with Gasteiger partial charge in [-0.3, -0.25) is 4.79 Å². The number of carbonyl (C=O) groups excluding carboxylic acids is 1. The van der Waals surface area contributed by atoms with Crippen molar-refractivity contribution in [3.8, 4) is 0 Å². The molecule has 0 spiro atoms. The molecule has 10 heteroatoms. The molecule has 1 fully saturated rings. The summed E-state index contributed by atoms with van der Waals surface area (Å²) >= 11 is 0. The first-order valence-electron chi connectivity index (χ1n) is 12.8. The third kappa shape index (κ3) is 7.81. The SMILES string of the molecule is CC(=O)NC(Cc1cc(F)cc(F)c1)C(O)CNC1(c2cccc(C(C)(C)C)c2)CCCN(S(C)(=O)=O)C1. The summed E-state index contributed by atoms with van der Waals surface area (Å²) in [5.41, 5.74) is 1.40. The Hall–Kier alpha value is -2.40. The van der Waals surface area contributed by atoms with Crippen LogP contribution in [-0.4, -0.2) is 61.8 Å². The molecule has 0 aromatic heterocycles. The summed E-state index contributed by atoms with van der Waals surface area (Å²) in [6.07, 6.45) is 1.34. The van der Waals surface area contributed by atoms with Gasteiger partial charge in [0.2, 0.25) is 15.9 Å². The first kappa shape index (κ1) is 30.1. The van der Waals surface area contributed by atoms with Crippen LogP contribution in [0.15, 0.2) is 42.5 Å². The van der Waals surface area contributed by atoms with Crippen molar-refractivity contribution < 1.29 is 27.1 Å². The molecular weight excluding hydrogens is 512 g/mol. The van der Waals surface area contributed by atoms with Gasteiger partial charge in [0, 0.05) is 32.6 Å². The van der Waals surface area contributed by atoms with Gasteiger partial charge < -0.3 is 15.7 Å². The van der Waals surface area contributed by atoms with Crippen molar-refractivity contribution in [1.29, 1.82) is 0 Å². The third-order valence-electron chi connectivity index (χ3n) is 7.09. The summed E-state index contributed by atoms with van der Waals surface area (Å²) in [4.78, 5) is 11.9.